The molecule has 7 heteroatoms. The molecule has 0 saturated heterocycles. The lowest BCUT2D eigenvalue weighted by Gasteiger charge is -2.14. The second kappa shape index (κ2) is 29.1. The molecule has 0 aliphatic rings. The van der Waals surface area contributed by atoms with Gasteiger partial charge < -0.3 is 23.7 Å². The molecule has 3 aromatic carbocycles. The summed E-state index contributed by atoms with van der Waals surface area (Å²) >= 11 is 0. The van der Waals surface area contributed by atoms with Crippen molar-refractivity contribution >= 4 is 11.9 Å². The number of allylic oxidation sites excluding steroid dienone is 1. The van der Waals surface area contributed by atoms with Crippen molar-refractivity contribution in [3.05, 3.63) is 96.1 Å². The molecule has 0 aliphatic carbocycles. The second-order valence-corrected chi connectivity index (χ2v) is 14.4. The number of hydrogen-bond donors (Lipinski definition) is 0. The van der Waals surface area contributed by atoms with E-state index in [9.17, 15) is 9.59 Å². The Morgan fingerprint density at radius 3 is 1.55 bits per heavy atom. The summed E-state index contributed by atoms with van der Waals surface area (Å²) in [5.41, 5.74) is 1.44. The van der Waals surface area contributed by atoms with Crippen LogP contribution in [0, 0.1) is 0 Å². The van der Waals surface area contributed by atoms with Crippen molar-refractivity contribution in [1.29, 1.82) is 0 Å². The lowest BCUT2D eigenvalue weighted by atomic mass is 10.1. The Morgan fingerprint density at radius 2 is 1.00 bits per heavy atom. The van der Waals surface area contributed by atoms with E-state index in [1.165, 1.54) is 89.5 Å². The first-order chi connectivity index (χ1) is 27.0. The van der Waals surface area contributed by atoms with Crippen LogP contribution in [0.3, 0.4) is 0 Å². The van der Waals surface area contributed by atoms with Gasteiger partial charge in [-0.05, 0) is 92.3 Å². The largest absolute Gasteiger partial charge is 0.494 e. The zero-order valence-corrected chi connectivity index (χ0v) is 34.0. The molecule has 0 amide bonds. The molecule has 0 fully saturated rings. The topological polar surface area (TPSA) is 80.3 Å². The number of hydrogen-bond acceptors (Lipinski definition) is 7. The second-order valence-electron chi connectivity index (χ2n) is 14.4. The molecule has 0 saturated carbocycles. The predicted molar refractivity (Wildman–Crippen MR) is 224 cm³/mol. The molecule has 0 heterocycles. The molecule has 55 heavy (non-hydrogen) atoms. The maximum absolute atomic E-state index is 13.5. The van der Waals surface area contributed by atoms with Crippen molar-refractivity contribution in [3.8, 4) is 23.0 Å². The predicted octanol–water partition coefficient (Wildman–Crippen LogP) is 13.4. The van der Waals surface area contributed by atoms with E-state index in [4.69, 9.17) is 23.7 Å². The summed E-state index contributed by atoms with van der Waals surface area (Å²) < 4.78 is 29.3. The van der Waals surface area contributed by atoms with Crippen LogP contribution in [0.4, 0.5) is 0 Å². The van der Waals surface area contributed by atoms with Gasteiger partial charge in [0.25, 0.3) is 0 Å². The van der Waals surface area contributed by atoms with Crippen LogP contribution in [-0.2, 0) is 11.3 Å². The van der Waals surface area contributed by atoms with Crippen molar-refractivity contribution < 1.29 is 33.3 Å². The number of unbranched alkanes of at least 4 members (excludes halogenated alkanes) is 17. The molecule has 7 nitrogen and oxygen atoms in total. The summed E-state index contributed by atoms with van der Waals surface area (Å²) in [5, 5.41) is 0. The number of rotatable bonds is 32. The molecular weight excluding hydrogens is 689 g/mol. The SMILES string of the molecule is C=CCCCCCCCCCOc1ccc(COC(=O)c2cc(OC(=O)c3ccc(OCCCCCCCC)cc3)ccc2OCCCCCCCC)cc1. The summed E-state index contributed by atoms with van der Waals surface area (Å²) in [7, 11) is 0. The van der Waals surface area contributed by atoms with Crippen molar-refractivity contribution in [1.82, 2.24) is 0 Å². The fourth-order valence-corrected chi connectivity index (χ4v) is 6.22. The number of benzene rings is 3. The zero-order chi connectivity index (χ0) is 39.2. The Morgan fingerprint density at radius 1 is 0.527 bits per heavy atom. The molecule has 0 unspecified atom stereocenters. The maximum Gasteiger partial charge on any atom is 0.343 e. The van der Waals surface area contributed by atoms with Crippen LogP contribution in [0.25, 0.3) is 0 Å². The van der Waals surface area contributed by atoms with E-state index in [-0.39, 0.29) is 17.9 Å². The van der Waals surface area contributed by atoms with Crippen LogP contribution >= 0.6 is 0 Å². The summed E-state index contributed by atoms with van der Waals surface area (Å²) in [6.45, 7) is 10.1. The monoisotopic (exact) mass is 756 g/mol. The Kier molecular flexibility index (Phi) is 23.9. The van der Waals surface area contributed by atoms with Crippen molar-refractivity contribution in [3.63, 3.8) is 0 Å². The van der Waals surface area contributed by atoms with Gasteiger partial charge in [0.1, 0.15) is 35.2 Å². The first kappa shape index (κ1) is 45.1. The first-order valence-electron chi connectivity index (χ1n) is 21.3. The summed E-state index contributed by atoms with van der Waals surface area (Å²) in [4.78, 5) is 26.5. The molecule has 302 valence electrons. The Hall–Kier alpha value is -4.26. The molecule has 0 N–H and O–H groups in total. The quantitative estimate of drug-likeness (QED) is 0.0271. The van der Waals surface area contributed by atoms with E-state index in [0.717, 1.165) is 62.0 Å². The lowest BCUT2D eigenvalue weighted by molar-refractivity contribution is 0.0466. The maximum atomic E-state index is 13.5. The Balaban J connectivity index is 1.51. The van der Waals surface area contributed by atoms with Gasteiger partial charge in [-0.3, -0.25) is 0 Å². The van der Waals surface area contributed by atoms with Gasteiger partial charge in [-0.2, -0.15) is 0 Å². The van der Waals surface area contributed by atoms with Gasteiger partial charge in [0.2, 0.25) is 0 Å². The van der Waals surface area contributed by atoms with Gasteiger partial charge >= 0.3 is 11.9 Å². The third kappa shape index (κ3) is 19.8. The highest BCUT2D eigenvalue weighted by Crippen LogP contribution is 2.27. The summed E-state index contributed by atoms with van der Waals surface area (Å²) in [5.74, 6) is 1.08. The number of carbonyl (C=O) groups excluding carboxylic acids is 2. The average molecular weight is 757 g/mol. The van der Waals surface area contributed by atoms with E-state index in [1.54, 1.807) is 36.4 Å². The lowest BCUT2D eigenvalue weighted by Crippen LogP contribution is -2.12. The van der Waals surface area contributed by atoms with E-state index in [2.05, 4.69) is 20.4 Å². The van der Waals surface area contributed by atoms with E-state index >= 15 is 0 Å². The van der Waals surface area contributed by atoms with E-state index < -0.39 is 11.9 Å². The van der Waals surface area contributed by atoms with Gasteiger partial charge in [-0.15, -0.1) is 6.58 Å². The molecule has 0 aromatic heterocycles. The Bertz CT molecular complexity index is 1460. The minimum atomic E-state index is -0.552. The van der Waals surface area contributed by atoms with Gasteiger partial charge in [0.05, 0.1) is 25.4 Å². The molecule has 0 radical (unpaired) electrons. The van der Waals surface area contributed by atoms with Crippen LogP contribution in [0.1, 0.15) is 169 Å². The molecule has 3 aromatic rings. The normalized spacial score (nSPS) is 10.9. The van der Waals surface area contributed by atoms with Crippen molar-refractivity contribution in [2.75, 3.05) is 19.8 Å². The minimum absolute atomic E-state index is 0.0834. The molecule has 3 rings (SSSR count). The van der Waals surface area contributed by atoms with Crippen LogP contribution in [-0.4, -0.2) is 31.8 Å². The number of ether oxygens (including phenoxy) is 5. The molecule has 0 bridgehead atoms. The number of esters is 2. The standard InChI is InChI=1S/C48H68O7/c1-4-7-10-13-16-17-18-21-23-35-51-42-29-25-40(26-30-42)39-54-48(50)45-38-44(33-34-46(45)53-37-24-20-15-12-9-6-3)55-47(49)41-27-31-43(32-28-41)52-36-22-19-14-11-8-5-2/h4,25-34,38H,1,5-24,35-37,39H2,2-3H3. The van der Waals surface area contributed by atoms with E-state index in [0.29, 0.717) is 31.1 Å². The van der Waals surface area contributed by atoms with Gasteiger partial charge in [0.15, 0.2) is 0 Å². The third-order valence-electron chi connectivity index (χ3n) is 9.61. The molecular formula is C48H68O7. The fraction of sp³-hybridized carbons (Fsp3) is 0.542. The van der Waals surface area contributed by atoms with Gasteiger partial charge in [0, 0.05) is 0 Å². The highest BCUT2D eigenvalue weighted by Gasteiger charge is 2.18. The van der Waals surface area contributed by atoms with Crippen LogP contribution < -0.4 is 18.9 Å². The number of carbonyl (C=O) groups is 2. The molecule has 0 spiro atoms. The third-order valence-corrected chi connectivity index (χ3v) is 9.61. The molecule has 0 atom stereocenters. The Labute approximate surface area is 332 Å². The average Bonchev–Trinajstić information content (AvgIpc) is 3.21. The minimum Gasteiger partial charge on any atom is -0.494 e. The highest BCUT2D eigenvalue weighted by atomic mass is 16.5. The van der Waals surface area contributed by atoms with Crippen LogP contribution in [0.2, 0.25) is 0 Å². The van der Waals surface area contributed by atoms with Crippen molar-refractivity contribution in [2.45, 2.75) is 149 Å². The molecule has 0 aliphatic heterocycles. The zero-order valence-electron chi connectivity index (χ0n) is 34.0. The van der Waals surface area contributed by atoms with Crippen molar-refractivity contribution in [2.24, 2.45) is 0 Å². The fourth-order valence-electron chi connectivity index (χ4n) is 6.22. The van der Waals surface area contributed by atoms with Crippen LogP contribution in [0.5, 0.6) is 23.0 Å². The summed E-state index contributed by atoms with van der Waals surface area (Å²) in [6, 6.07) is 19.4. The van der Waals surface area contributed by atoms with Gasteiger partial charge in [-0.1, -0.05) is 128 Å². The van der Waals surface area contributed by atoms with Gasteiger partial charge in [-0.25, -0.2) is 9.59 Å². The smallest absolute Gasteiger partial charge is 0.343 e. The highest BCUT2D eigenvalue weighted by molar-refractivity contribution is 5.94. The first-order valence-corrected chi connectivity index (χ1v) is 21.3. The summed E-state index contributed by atoms with van der Waals surface area (Å²) in [6.07, 6.45) is 25.6. The van der Waals surface area contributed by atoms with E-state index in [1.807, 2.05) is 30.3 Å². The van der Waals surface area contributed by atoms with Crippen LogP contribution in [0.15, 0.2) is 79.4 Å².